The van der Waals surface area contributed by atoms with Gasteiger partial charge in [0.05, 0.1) is 13.0 Å². The first-order chi connectivity index (χ1) is 8.30. The molecule has 1 rings (SSSR count). The maximum absolute atomic E-state index is 12.1. The number of hydrogen-bond donors (Lipinski definition) is 2. The van der Waals surface area contributed by atoms with Crippen molar-refractivity contribution in [2.24, 2.45) is 5.92 Å². The van der Waals surface area contributed by atoms with E-state index >= 15 is 0 Å². The third kappa shape index (κ3) is 5.49. The Bertz CT molecular complexity index is 306. The normalized spacial score (nSPS) is 15.5. The predicted octanol–water partition coefficient (Wildman–Crippen LogP) is 1.09. The molecule has 0 spiro atoms. The zero-order chi connectivity index (χ0) is 13.8. The summed E-state index contributed by atoms with van der Waals surface area (Å²) in [5.41, 5.74) is -0.339. The van der Waals surface area contributed by atoms with Crippen LogP contribution in [-0.2, 0) is 9.59 Å². The number of carbonyl (C=O) groups excluding carboxylic acids is 1. The lowest BCUT2D eigenvalue weighted by Gasteiger charge is -2.35. The van der Waals surface area contributed by atoms with Crippen molar-refractivity contribution in [2.75, 3.05) is 19.6 Å². The van der Waals surface area contributed by atoms with E-state index in [-0.39, 0.29) is 24.4 Å². The van der Waals surface area contributed by atoms with E-state index in [0.717, 1.165) is 12.5 Å². The molecule has 0 aliphatic heterocycles. The van der Waals surface area contributed by atoms with Crippen molar-refractivity contribution in [3.63, 3.8) is 0 Å². The first-order valence-corrected chi connectivity index (χ1v) is 6.53. The molecule has 0 aromatic heterocycles. The fourth-order valence-electron chi connectivity index (χ4n) is 1.84. The molecule has 1 saturated carbocycles. The molecular formula is C13H24N2O3. The van der Waals surface area contributed by atoms with Crippen molar-refractivity contribution in [3.05, 3.63) is 0 Å². The largest absolute Gasteiger partial charge is 0.481 e. The molecule has 18 heavy (non-hydrogen) atoms. The standard InChI is InChI=1S/C13H24N2O3/c1-13(2,3)15(7-6-12(17)18)11(16)9-14-8-10-4-5-10/h10,14H,4-9H2,1-3H3,(H,17,18). The molecular weight excluding hydrogens is 232 g/mol. The molecule has 5 nitrogen and oxygen atoms in total. The molecule has 0 unspecified atom stereocenters. The Kier molecular flexibility index (Phi) is 5.14. The molecule has 1 amide bonds. The van der Waals surface area contributed by atoms with Crippen molar-refractivity contribution in [3.8, 4) is 0 Å². The number of nitrogens with zero attached hydrogens (tertiary/aromatic N) is 1. The Morgan fingerprint density at radius 1 is 1.33 bits per heavy atom. The highest BCUT2D eigenvalue weighted by atomic mass is 16.4. The van der Waals surface area contributed by atoms with Crippen molar-refractivity contribution in [2.45, 2.75) is 45.6 Å². The minimum atomic E-state index is -0.872. The highest BCUT2D eigenvalue weighted by Gasteiger charge is 2.27. The third-order valence-electron chi connectivity index (χ3n) is 3.07. The molecule has 1 aliphatic carbocycles. The highest BCUT2D eigenvalue weighted by molar-refractivity contribution is 5.79. The van der Waals surface area contributed by atoms with Gasteiger partial charge in [0.15, 0.2) is 0 Å². The molecule has 0 heterocycles. The Morgan fingerprint density at radius 2 is 1.94 bits per heavy atom. The van der Waals surface area contributed by atoms with Crippen LogP contribution in [0, 0.1) is 5.92 Å². The van der Waals surface area contributed by atoms with Crippen LogP contribution in [0.3, 0.4) is 0 Å². The second kappa shape index (κ2) is 6.18. The van der Waals surface area contributed by atoms with Gasteiger partial charge in [-0.1, -0.05) is 0 Å². The Hall–Kier alpha value is -1.10. The number of rotatable bonds is 7. The summed E-state index contributed by atoms with van der Waals surface area (Å²) in [5.74, 6) is -0.160. The van der Waals surface area contributed by atoms with E-state index in [1.807, 2.05) is 20.8 Å². The fourth-order valence-corrected chi connectivity index (χ4v) is 1.84. The SMILES string of the molecule is CC(C)(C)N(CCC(=O)O)C(=O)CNCC1CC1. The van der Waals surface area contributed by atoms with Gasteiger partial charge in [0.2, 0.25) is 5.91 Å². The average Bonchev–Trinajstić information content (AvgIpc) is 2.99. The van der Waals surface area contributed by atoms with Gasteiger partial charge < -0.3 is 15.3 Å². The van der Waals surface area contributed by atoms with Crippen molar-refractivity contribution >= 4 is 11.9 Å². The van der Waals surface area contributed by atoms with E-state index < -0.39 is 5.97 Å². The molecule has 1 fully saturated rings. The average molecular weight is 256 g/mol. The monoisotopic (exact) mass is 256 g/mol. The third-order valence-corrected chi connectivity index (χ3v) is 3.07. The van der Waals surface area contributed by atoms with Gasteiger partial charge in [-0.2, -0.15) is 0 Å². The first-order valence-electron chi connectivity index (χ1n) is 6.53. The minimum Gasteiger partial charge on any atom is -0.481 e. The molecule has 0 radical (unpaired) electrons. The quantitative estimate of drug-likeness (QED) is 0.715. The number of carboxylic acid groups (broad SMARTS) is 1. The molecule has 0 saturated heterocycles. The molecule has 0 aromatic carbocycles. The van der Waals surface area contributed by atoms with E-state index in [9.17, 15) is 9.59 Å². The van der Waals surface area contributed by atoms with E-state index in [1.165, 1.54) is 12.8 Å². The van der Waals surface area contributed by atoms with Crippen LogP contribution in [0.1, 0.15) is 40.0 Å². The highest BCUT2D eigenvalue weighted by Crippen LogP contribution is 2.27. The molecule has 1 aliphatic rings. The lowest BCUT2D eigenvalue weighted by Crippen LogP contribution is -2.49. The summed E-state index contributed by atoms with van der Waals surface area (Å²) in [5, 5.41) is 11.9. The summed E-state index contributed by atoms with van der Waals surface area (Å²) in [6.07, 6.45) is 2.50. The predicted molar refractivity (Wildman–Crippen MR) is 69.3 cm³/mol. The Morgan fingerprint density at radius 3 is 2.39 bits per heavy atom. The number of carboxylic acids is 1. The number of hydrogen-bond acceptors (Lipinski definition) is 3. The van der Waals surface area contributed by atoms with Crippen molar-refractivity contribution < 1.29 is 14.7 Å². The van der Waals surface area contributed by atoms with E-state index in [4.69, 9.17) is 5.11 Å². The summed E-state index contributed by atoms with van der Waals surface area (Å²) in [4.78, 5) is 24.3. The van der Waals surface area contributed by atoms with Gasteiger partial charge in [0.25, 0.3) is 0 Å². The first kappa shape index (κ1) is 15.0. The maximum atomic E-state index is 12.1. The summed E-state index contributed by atoms with van der Waals surface area (Å²) >= 11 is 0. The van der Waals surface area contributed by atoms with E-state index in [2.05, 4.69) is 5.32 Å². The Labute approximate surface area is 109 Å². The second-order valence-electron chi connectivity index (χ2n) is 5.93. The number of carbonyl (C=O) groups is 2. The maximum Gasteiger partial charge on any atom is 0.305 e. The number of nitrogens with one attached hydrogen (secondary N) is 1. The Balaban J connectivity index is 2.40. The zero-order valence-electron chi connectivity index (χ0n) is 11.5. The van der Waals surface area contributed by atoms with Crippen LogP contribution in [0.5, 0.6) is 0 Å². The zero-order valence-corrected chi connectivity index (χ0v) is 11.5. The topological polar surface area (TPSA) is 69.6 Å². The van der Waals surface area contributed by atoms with Crippen LogP contribution in [0.25, 0.3) is 0 Å². The molecule has 5 heteroatoms. The molecule has 0 atom stereocenters. The fraction of sp³-hybridized carbons (Fsp3) is 0.846. The van der Waals surface area contributed by atoms with E-state index in [1.54, 1.807) is 4.90 Å². The molecule has 104 valence electrons. The second-order valence-corrected chi connectivity index (χ2v) is 5.93. The number of aliphatic carboxylic acids is 1. The van der Waals surface area contributed by atoms with Crippen LogP contribution < -0.4 is 5.32 Å². The van der Waals surface area contributed by atoms with Crippen molar-refractivity contribution in [1.82, 2.24) is 10.2 Å². The number of amides is 1. The lowest BCUT2D eigenvalue weighted by atomic mass is 10.1. The van der Waals surface area contributed by atoms with Crippen LogP contribution in [0.2, 0.25) is 0 Å². The minimum absolute atomic E-state index is 0.00830. The van der Waals surface area contributed by atoms with Crippen LogP contribution >= 0.6 is 0 Å². The van der Waals surface area contributed by atoms with Crippen molar-refractivity contribution in [1.29, 1.82) is 0 Å². The van der Waals surface area contributed by atoms with Crippen LogP contribution in [-0.4, -0.2) is 47.1 Å². The van der Waals surface area contributed by atoms with Gasteiger partial charge in [0, 0.05) is 12.1 Å². The van der Waals surface area contributed by atoms with Gasteiger partial charge in [0.1, 0.15) is 0 Å². The van der Waals surface area contributed by atoms with Crippen LogP contribution in [0.15, 0.2) is 0 Å². The van der Waals surface area contributed by atoms with E-state index in [0.29, 0.717) is 6.54 Å². The van der Waals surface area contributed by atoms with Crippen LogP contribution in [0.4, 0.5) is 0 Å². The summed E-state index contributed by atoms with van der Waals surface area (Å²) in [6.45, 7) is 7.23. The van der Waals surface area contributed by atoms with Gasteiger partial charge >= 0.3 is 5.97 Å². The summed E-state index contributed by atoms with van der Waals surface area (Å²) in [7, 11) is 0. The van der Waals surface area contributed by atoms with Gasteiger partial charge in [-0.05, 0) is 46.1 Å². The lowest BCUT2D eigenvalue weighted by molar-refractivity contribution is -0.140. The molecule has 0 bridgehead atoms. The van der Waals surface area contributed by atoms with Gasteiger partial charge in [-0.25, -0.2) is 0 Å². The molecule has 0 aromatic rings. The summed E-state index contributed by atoms with van der Waals surface area (Å²) in [6, 6.07) is 0. The smallest absolute Gasteiger partial charge is 0.305 e. The van der Waals surface area contributed by atoms with Gasteiger partial charge in [-0.15, -0.1) is 0 Å². The summed E-state index contributed by atoms with van der Waals surface area (Å²) < 4.78 is 0. The molecule has 2 N–H and O–H groups in total. The van der Waals surface area contributed by atoms with Gasteiger partial charge in [-0.3, -0.25) is 9.59 Å².